The lowest BCUT2D eigenvalue weighted by Crippen LogP contribution is -2.26. The molecule has 1 heterocycles. The second-order valence-corrected chi connectivity index (χ2v) is 9.94. The van der Waals surface area contributed by atoms with Crippen LogP contribution in [0.25, 0.3) is 0 Å². The van der Waals surface area contributed by atoms with Gasteiger partial charge in [0.05, 0.1) is 4.88 Å². The first kappa shape index (κ1) is 20.6. The Bertz CT molecular complexity index is 862. The van der Waals surface area contributed by atoms with Crippen LogP contribution in [0.15, 0.2) is 30.3 Å². The minimum absolute atomic E-state index is 0.0714. The van der Waals surface area contributed by atoms with Crippen LogP contribution in [0, 0.1) is 11.3 Å². The first-order valence-electron chi connectivity index (χ1n) is 9.87. The monoisotopic (exact) mass is 398 g/mol. The van der Waals surface area contributed by atoms with Crippen LogP contribution < -0.4 is 5.32 Å². The van der Waals surface area contributed by atoms with E-state index in [2.05, 4.69) is 32.2 Å². The lowest BCUT2D eigenvalue weighted by atomic mass is 9.72. The fourth-order valence-electron chi connectivity index (χ4n) is 3.81. The third-order valence-electron chi connectivity index (χ3n) is 5.73. The van der Waals surface area contributed by atoms with Gasteiger partial charge in [0.25, 0.3) is 11.8 Å². The number of fused-ring (bicyclic) bond motifs is 1. The number of carbonyl (C=O) groups is 2. The van der Waals surface area contributed by atoms with E-state index in [-0.39, 0.29) is 11.8 Å². The molecule has 4 nitrogen and oxygen atoms in total. The van der Waals surface area contributed by atoms with Gasteiger partial charge in [-0.1, -0.05) is 32.9 Å². The Hall–Kier alpha value is -2.14. The first-order chi connectivity index (χ1) is 13.2. The van der Waals surface area contributed by atoms with Crippen LogP contribution in [-0.2, 0) is 19.4 Å². The minimum atomic E-state index is -0.103. The zero-order chi connectivity index (χ0) is 20.5. The average molecular weight is 399 g/mol. The summed E-state index contributed by atoms with van der Waals surface area (Å²) in [6.45, 7) is 7.46. The predicted octanol–water partition coefficient (Wildman–Crippen LogP) is 4.53. The molecule has 0 saturated heterocycles. The topological polar surface area (TPSA) is 49.4 Å². The van der Waals surface area contributed by atoms with E-state index in [9.17, 15) is 9.59 Å². The molecule has 0 fully saturated rings. The van der Waals surface area contributed by atoms with E-state index in [4.69, 9.17) is 0 Å². The number of nitrogens with zero attached hydrogens (tertiary/aromatic N) is 1. The van der Waals surface area contributed by atoms with E-state index in [1.54, 1.807) is 35.4 Å². The number of aryl methyl sites for hydroxylation is 1. The van der Waals surface area contributed by atoms with Gasteiger partial charge in [-0.2, -0.15) is 0 Å². The Morgan fingerprint density at radius 2 is 1.89 bits per heavy atom. The summed E-state index contributed by atoms with van der Waals surface area (Å²) >= 11 is 1.66. The van der Waals surface area contributed by atoms with Gasteiger partial charge in [-0.3, -0.25) is 9.59 Å². The maximum atomic E-state index is 12.9. The van der Waals surface area contributed by atoms with E-state index in [1.165, 1.54) is 16.9 Å². The highest BCUT2D eigenvalue weighted by Gasteiger charge is 2.30. The zero-order valence-corrected chi connectivity index (χ0v) is 18.3. The fraction of sp³-hybridized carbons (Fsp3) is 0.478. The molecule has 28 heavy (non-hydrogen) atoms. The normalized spacial score (nSPS) is 16.4. The van der Waals surface area contributed by atoms with Gasteiger partial charge in [-0.05, 0) is 59.9 Å². The van der Waals surface area contributed by atoms with E-state index in [1.807, 2.05) is 19.2 Å². The fourth-order valence-corrected chi connectivity index (χ4v) is 5.01. The average Bonchev–Trinajstić information content (AvgIpc) is 3.09. The van der Waals surface area contributed by atoms with Crippen LogP contribution in [0.3, 0.4) is 0 Å². The number of thiophene rings is 1. The predicted molar refractivity (Wildman–Crippen MR) is 115 cm³/mol. The summed E-state index contributed by atoms with van der Waals surface area (Å²) in [5.41, 5.74) is 3.31. The molecule has 0 aliphatic heterocycles. The van der Waals surface area contributed by atoms with Crippen molar-refractivity contribution in [2.24, 2.45) is 11.3 Å². The third kappa shape index (κ3) is 4.46. The van der Waals surface area contributed by atoms with Gasteiger partial charge in [0, 0.05) is 31.1 Å². The summed E-state index contributed by atoms with van der Waals surface area (Å²) in [5, 5.41) is 2.62. The van der Waals surface area contributed by atoms with Gasteiger partial charge in [0.15, 0.2) is 0 Å². The van der Waals surface area contributed by atoms with Crippen LogP contribution in [0.5, 0.6) is 0 Å². The summed E-state index contributed by atoms with van der Waals surface area (Å²) in [7, 11) is 3.46. The molecule has 2 aromatic rings. The highest BCUT2D eigenvalue weighted by molar-refractivity contribution is 7.14. The number of amides is 2. The number of benzene rings is 1. The smallest absolute Gasteiger partial charge is 0.263 e. The van der Waals surface area contributed by atoms with E-state index >= 15 is 0 Å². The quantitative estimate of drug-likeness (QED) is 0.822. The lowest BCUT2D eigenvalue weighted by Gasteiger charge is -2.33. The van der Waals surface area contributed by atoms with Crippen LogP contribution in [0.4, 0.5) is 0 Å². The molecule has 0 bridgehead atoms. The van der Waals surface area contributed by atoms with Gasteiger partial charge in [0.1, 0.15) is 0 Å². The molecule has 3 rings (SSSR count). The molecule has 1 aromatic carbocycles. The largest absolute Gasteiger partial charge is 0.355 e. The Balaban J connectivity index is 1.68. The van der Waals surface area contributed by atoms with Crippen LogP contribution in [-0.4, -0.2) is 30.8 Å². The highest BCUT2D eigenvalue weighted by Crippen LogP contribution is 2.40. The van der Waals surface area contributed by atoms with E-state index in [0.717, 1.165) is 23.3 Å². The van der Waals surface area contributed by atoms with Crippen molar-refractivity contribution in [3.63, 3.8) is 0 Å². The molecule has 1 aliphatic carbocycles. The second kappa shape index (κ2) is 8.08. The summed E-state index contributed by atoms with van der Waals surface area (Å²) < 4.78 is 0. The van der Waals surface area contributed by atoms with E-state index < -0.39 is 0 Å². The van der Waals surface area contributed by atoms with Gasteiger partial charge in [-0.25, -0.2) is 0 Å². The minimum Gasteiger partial charge on any atom is -0.355 e. The molecule has 0 saturated carbocycles. The van der Waals surface area contributed by atoms with Crippen LogP contribution >= 0.6 is 11.3 Å². The second-order valence-electron chi connectivity index (χ2n) is 8.80. The lowest BCUT2D eigenvalue weighted by molar-refractivity contribution is 0.0789. The van der Waals surface area contributed by atoms with Crippen molar-refractivity contribution < 1.29 is 9.59 Å². The number of rotatable bonds is 4. The molecule has 2 amide bonds. The molecule has 5 heteroatoms. The van der Waals surface area contributed by atoms with Crippen molar-refractivity contribution in [1.29, 1.82) is 0 Å². The Labute approximate surface area is 172 Å². The molecule has 1 aromatic heterocycles. The summed E-state index contributed by atoms with van der Waals surface area (Å²) in [5.74, 6) is 0.643. The zero-order valence-electron chi connectivity index (χ0n) is 17.5. The molecule has 0 spiro atoms. The maximum Gasteiger partial charge on any atom is 0.263 e. The SMILES string of the molecule is CNC(=O)c1ccc(CN(C)C(=O)c2cc3c(s2)CC[C@@H](C(C)(C)C)C3)cc1. The van der Waals surface area contributed by atoms with Crippen molar-refractivity contribution in [3.05, 3.63) is 56.8 Å². The molecule has 150 valence electrons. The van der Waals surface area contributed by atoms with Crippen molar-refractivity contribution >= 4 is 23.2 Å². The van der Waals surface area contributed by atoms with Crippen molar-refractivity contribution in [2.45, 2.75) is 46.6 Å². The first-order valence-corrected chi connectivity index (χ1v) is 10.7. The summed E-state index contributed by atoms with van der Waals surface area (Å²) in [4.78, 5) is 28.6. The molecular weight excluding hydrogens is 368 g/mol. The molecule has 1 aliphatic rings. The molecule has 0 radical (unpaired) electrons. The Kier molecular flexibility index (Phi) is 5.94. The van der Waals surface area contributed by atoms with Crippen LogP contribution in [0.2, 0.25) is 0 Å². The summed E-state index contributed by atoms with van der Waals surface area (Å²) in [6, 6.07) is 9.51. The van der Waals surface area contributed by atoms with Crippen molar-refractivity contribution in [1.82, 2.24) is 10.2 Å². The van der Waals surface area contributed by atoms with Gasteiger partial charge >= 0.3 is 0 Å². The highest BCUT2D eigenvalue weighted by atomic mass is 32.1. The van der Waals surface area contributed by atoms with Crippen molar-refractivity contribution in [2.75, 3.05) is 14.1 Å². The van der Waals surface area contributed by atoms with E-state index in [0.29, 0.717) is 23.4 Å². The molecule has 0 unspecified atom stereocenters. The Morgan fingerprint density at radius 1 is 1.21 bits per heavy atom. The van der Waals surface area contributed by atoms with Gasteiger partial charge in [0.2, 0.25) is 0 Å². The summed E-state index contributed by atoms with van der Waals surface area (Å²) in [6.07, 6.45) is 3.37. The number of carbonyl (C=O) groups excluding carboxylic acids is 2. The number of hydrogen-bond donors (Lipinski definition) is 1. The molecule has 1 N–H and O–H groups in total. The molecular formula is C23H30N2O2S. The van der Waals surface area contributed by atoms with Gasteiger partial charge in [-0.15, -0.1) is 11.3 Å². The third-order valence-corrected chi connectivity index (χ3v) is 6.95. The number of hydrogen-bond acceptors (Lipinski definition) is 3. The van der Waals surface area contributed by atoms with Crippen LogP contribution in [0.1, 0.15) is 63.2 Å². The molecule has 1 atom stereocenters. The van der Waals surface area contributed by atoms with Gasteiger partial charge < -0.3 is 10.2 Å². The standard InChI is InChI=1S/C23H30N2O2S/c1-23(2,3)18-10-11-19-17(12-18)13-20(28-19)22(27)25(5)14-15-6-8-16(9-7-15)21(26)24-4/h6-9,13,18H,10-12,14H2,1-5H3,(H,24,26)/t18-/m1/s1. The maximum absolute atomic E-state index is 12.9. The van der Waals surface area contributed by atoms with Crippen molar-refractivity contribution in [3.8, 4) is 0 Å². The number of nitrogens with one attached hydrogen (secondary N) is 1. The Morgan fingerprint density at radius 3 is 2.50 bits per heavy atom.